The number of anilines is 1. The topological polar surface area (TPSA) is 43.8 Å². The third kappa shape index (κ3) is 1.52. The lowest BCUT2D eigenvalue weighted by molar-refractivity contribution is 0.715. The van der Waals surface area contributed by atoms with Crippen molar-refractivity contribution in [3.63, 3.8) is 0 Å². The summed E-state index contributed by atoms with van der Waals surface area (Å²) in [7, 11) is 0. The number of hydrogen-bond donors (Lipinski definition) is 1. The number of hydrogen-bond acceptors (Lipinski definition) is 2. The maximum Gasteiger partial charge on any atom is 0.102 e. The molecule has 0 saturated carbocycles. The van der Waals surface area contributed by atoms with E-state index >= 15 is 0 Å². The maximum atomic E-state index is 5.42. The summed E-state index contributed by atoms with van der Waals surface area (Å²) in [6.45, 7) is 2.42. The lowest BCUT2D eigenvalue weighted by Crippen LogP contribution is -1.94. The van der Waals surface area contributed by atoms with Gasteiger partial charge in [0.2, 0.25) is 0 Å². The minimum absolute atomic E-state index is 0.619. The highest BCUT2D eigenvalue weighted by Crippen LogP contribution is 1.95. The zero-order chi connectivity index (χ0) is 7.40. The Balaban J connectivity index is 2.64. The van der Waals surface area contributed by atoms with Crippen molar-refractivity contribution in [3.8, 4) is 11.8 Å². The SMILES string of the molecule is CC#CCn1cc(N)cn1. The van der Waals surface area contributed by atoms with E-state index in [9.17, 15) is 0 Å². The second-order valence-electron chi connectivity index (χ2n) is 1.90. The molecule has 0 aromatic carbocycles. The molecule has 3 heteroatoms. The molecule has 0 atom stereocenters. The number of aromatic nitrogens is 2. The van der Waals surface area contributed by atoms with Crippen molar-refractivity contribution in [2.45, 2.75) is 13.5 Å². The van der Waals surface area contributed by atoms with Crippen LogP contribution in [0.15, 0.2) is 12.4 Å². The van der Waals surface area contributed by atoms with Crippen LogP contribution < -0.4 is 5.73 Å². The molecular weight excluding hydrogens is 126 g/mol. The van der Waals surface area contributed by atoms with E-state index in [-0.39, 0.29) is 0 Å². The zero-order valence-electron chi connectivity index (χ0n) is 5.83. The van der Waals surface area contributed by atoms with Gasteiger partial charge in [0.25, 0.3) is 0 Å². The van der Waals surface area contributed by atoms with Gasteiger partial charge in [0, 0.05) is 6.20 Å². The fourth-order valence-corrected chi connectivity index (χ4v) is 0.626. The Hall–Kier alpha value is -1.43. The van der Waals surface area contributed by atoms with Crippen LogP contribution in [0.3, 0.4) is 0 Å². The third-order valence-electron chi connectivity index (χ3n) is 1.07. The Bertz CT molecular complexity index is 264. The van der Waals surface area contributed by atoms with E-state index in [1.54, 1.807) is 24.0 Å². The van der Waals surface area contributed by atoms with E-state index < -0.39 is 0 Å². The highest BCUT2D eigenvalue weighted by atomic mass is 15.3. The monoisotopic (exact) mass is 135 g/mol. The zero-order valence-corrected chi connectivity index (χ0v) is 5.83. The summed E-state index contributed by atoms with van der Waals surface area (Å²) in [5.41, 5.74) is 6.10. The fourth-order valence-electron chi connectivity index (χ4n) is 0.626. The normalized spacial score (nSPS) is 8.50. The molecule has 0 spiro atoms. The second kappa shape index (κ2) is 2.92. The van der Waals surface area contributed by atoms with Gasteiger partial charge in [0.15, 0.2) is 0 Å². The molecule has 0 aliphatic rings. The summed E-state index contributed by atoms with van der Waals surface area (Å²) >= 11 is 0. The van der Waals surface area contributed by atoms with Crippen LogP contribution in [0.25, 0.3) is 0 Å². The third-order valence-corrected chi connectivity index (χ3v) is 1.07. The number of nitrogen functional groups attached to an aromatic ring is 1. The predicted molar refractivity (Wildman–Crippen MR) is 40.1 cm³/mol. The molecule has 1 aromatic heterocycles. The highest BCUT2D eigenvalue weighted by molar-refractivity contribution is 5.30. The van der Waals surface area contributed by atoms with Crippen molar-refractivity contribution >= 4 is 5.69 Å². The highest BCUT2D eigenvalue weighted by Gasteiger charge is 1.88. The van der Waals surface area contributed by atoms with Gasteiger partial charge in [0.05, 0.1) is 11.9 Å². The van der Waals surface area contributed by atoms with Crippen LogP contribution in [-0.4, -0.2) is 9.78 Å². The molecule has 2 N–H and O–H groups in total. The van der Waals surface area contributed by atoms with E-state index in [4.69, 9.17) is 5.73 Å². The minimum atomic E-state index is 0.619. The Morgan fingerprint density at radius 3 is 3.10 bits per heavy atom. The van der Waals surface area contributed by atoms with E-state index in [1.807, 2.05) is 0 Å². The molecular formula is C7H9N3. The maximum absolute atomic E-state index is 5.42. The van der Waals surface area contributed by atoms with Crippen LogP contribution in [0, 0.1) is 11.8 Å². The second-order valence-corrected chi connectivity index (χ2v) is 1.90. The lowest BCUT2D eigenvalue weighted by Gasteiger charge is -1.88. The van der Waals surface area contributed by atoms with Gasteiger partial charge in [-0.3, -0.25) is 4.68 Å². The van der Waals surface area contributed by atoms with Gasteiger partial charge in [-0.15, -0.1) is 5.92 Å². The Labute approximate surface area is 59.8 Å². The minimum Gasteiger partial charge on any atom is -0.396 e. The molecule has 0 amide bonds. The summed E-state index contributed by atoms with van der Waals surface area (Å²) in [5, 5.41) is 3.94. The van der Waals surface area contributed by atoms with Crippen LogP contribution >= 0.6 is 0 Å². The van der Waals surface area contributed by atoms with Crippen LogP contribution in [0.1, 0.15) is 6.92 Å². The van der Waals surface area contributed by atoms with Gasteiger partial charge in [0.1, 0.15) is 6.54 Å². The van der Waals surface area contributed by atoms with Gasteiger partial charge < -0.3 is 5.73 Å². The summed E-state index contributed by atoms with van der Waals surface area (Å²) in [4.78, 5) is 0. The van der Waals surface area contributed by atoms with Crippen molar-refractivity contribution in [1.82, 2.24) is 9.78 Å². The molecule has 0 saturated heterocycles. The molecule has 1 aromatic rings. The summed E-state index contributed by atoms with van der Waals surface area (Å²) in [6, 6.07) is 0. The predicted octanol–water partition coefficient (Wildman–Crippen LogP) is 0.489. The van der Waals surface area contributed by atoms with Crippen molar-refractivity contribution in [2.75, 3.05) is 5.73 Å². The average Bonchev–Trinajstić information content (AvgIpc) is 2.31. The Morgan fingerprint density at radius 2 is 2.60 bits per heavy atom. The smallest absolute Gasteiger partial charge is 0.102 e. The molecule has 0 aliphatic heterocycles. The van der Waals surface area contributed by atoms with Gasteiger partial charge in [-0.1, -0.05) is 5.92 Å². The van der Waals surface area contributed by atoms with E-state index in [0.29, 0.717) is 12.2 Å². The van der Waals surface area contributed by atoms with Crippen LogP contribution in [0.4, 0.5) is 5.69 Å². The van der Waals surface area contributed by atoms with Crippen LogP contribution in [0.2, 0.25) is 0 Å². The first kappa shape index (κ1) is 6.69. The molecule has 1 heterocycles. The number of nitrogens with two attached hydrogens (primary N) is 1. The largest absolute Gasteiger partial charge is 0.396 e. The first-order valence-corrected chi connectivity index (χ1v) is 3.00. The first-order chi connectivity index (χ1) is 4.83. The summed E-state index contributed by atoms with van der Waals surface area (Å²) < 4.78 is 1.70. The molecule has 10 heavy (non-hydrogen) atoms. The van der Waals surface area contributed by atoms with Crippen LogP contribution in [0.5, 0.6) is 0 Å². The van der Waals surface area contributed by atoms with Crippen molar-refractivity contribution < 1.29 is 0 Å². The van der Waals surface area contributed by atoms with Gasteiger partial charge >= 0.3 is 0 Å². The lowest BCUT2D eigenvalue weighted by atomic mass is 10.6. The summed E-state index contributed by atoms with van der Waals surface area (Å²) in [5.74, 6) is 5.65. The van der Waals surface area contributed by atoms with Crippen molar-refractivity contribution in [2.24, 2.45) is 0 Å². The van der Waals surface area contributed by atoms with Gasteiger partial charge in [-0.25, -0.2) is 0 Å². The summed E-state index contributed by atoms with van der Waals surface area (Å²) in [6.07, 6.45) is 3.36. The number of nitrogens with zero attached hydrogens (tertiary/aromatic N) is 2. The van der Waals surface area contributed by atoms with Gasteiger partial charge in [-0.2, -0.15) is 5.10 Å². The average molecular weight is 135 g/mol. The standard InChI is InChI=1S/C7H9N3/c1-2-3-4-10-6-7(8)5-9-10/h5-6H,4,8H2,1H3. The Morgan fingerprint density at radius 1 is 1.80 bits per heavy atom. The van der Waals surface area contributed by atoms with Crippen molar-refractivity contribution in [3.05, 3.63) is 12.4 Å². The molecule has 1 rings (SSSR count). The van der Waals surface area contributed by atoms with E-state index in [1.165, 1.54) is 0 Å². The number of rotatable bonds is 1. The molecule has 3 nitrogen and oxygen atoms in total. The van der Waals surface area contributed by atoms with Crippen molar-refractivity contribution in [1.29, 1.82) is 0 Å². The van der Waals surface area contributed by atoms with Gasteiger partial charge in [-0.05, 0) is 6.92 Å². The van der Waals surface area contributed by atoms with E-state index in [0.717, 1.165) is 0 Å². The van der Waals surface area contributed by atoms with E-state index in [2.05, 4.69) is 16.9 Å². The molecule has 0 aliphatic carbocycles. The molecule has 0 fully saturated rings. The molecule has 52 valence electrons. The quantitative estimate of drug-likeness (QED) is 0.569. The Kier molecular flexibility index (Phi) is 1.96. The molecule has 0 bridgehead atoms. The fraction of sp³-hybridized carbons (Fsp3) is 0.286. The molecule has 0 radical (unpaired) electrons. The molecule has 0 unspecified atom stereocenters. The van der Waals surface area contributed by atoms with Crippen LogP contribution in [-0.2, 0) is 6.54 Å². The first-order valence-electron chi connectivity index (χ1n) is 3.00.